The van der Waals surface area contributed by atoms with Crippen molar-refractivity contribution in [3.8, 4) is 5.75 Å². The van der Waals surface area contributed by atoms with Crippen molar-refractivity contribution in [2.45, 2.75) is 31.9 Å². The van der Waals surface area contributed by atoms with Gasteiger partial charge in [-0.2, -0.15) is 0 Å². The van der Waals surface area contributed by atoms with Crippen molar-refractivity contribution in [1.82, 2.24) is 5.32 Å². The number of benzene rings is 1. The largest absolute Gasteiger partial charge is 0.497 e. The lowest BCUT2D eigenvalue weighted by molar-refractivity contribution is 0.0136. The van der Waals surface area contributed by atoms with E-state index in [0.29, 0.717) is 17.9 Å². The van der Waals surface area contributed by atoms with Gasteiger partial charge < -0.3 is 14.8 Å². The second-order valence-electron chi connectivity index (χ2n) is 4.72. The zero-order chi connectivity index (χ0) is 13.8. The second kappa shape index (κ2) is 6.39. The molecule has 1 fully saturated rings. The summed E-state index contributed by atoms with van der Waals surface area (Å²) in [5.74, 6) is 0.596. The molecule has 0 bridgehead atoms. The zero-order valence-corrected chi connectivity index (χ0v) is 12.7. The van der Waals surface area contributed by atoms with Crippen molar-refractivity contribution in [2.75, 3.05) is 13.7 Å². The van der Waals surface area contributed by atoms with E-state index in [4.69, 9.17) is 9.47 Å². The van der Waals surface area contributed by atoms with Crippen LogP contribution in [-0.4, -0.2) is 31.8 Å². The number of hydrogen-bond acceptors (Lipinski definition) is 3. The number of halogens is 1. The Labute approximate surface area is 121 Å². The number of carbonyl (C=O) groups is 1. The van der Waals surface area contributed by atoms with Gasteiger partial charge in [0.25, 0.3) is 5.91 Å². The smallest absolute Gasteiger partial charge is 0.252 e. The van der Waals surface area contributed by atoms with Crippen LogP contribution in [0.25, 0.3) is 0 Å². The molecule has 0 spiro atoms. The van der Waals surface area contributed by atoms with E-state index in [1.807, 2.05) is 19.1 Å². The summed E-state index contributed by atoms with van der Waals surface area (Å²) < 4.78 is 11.4. The Balaban J connectivity index is 2.06. The van der Waals surface area contributed by atoms with Crippen LogP contribution in [0, 0.1) is 0 Å². The second-order valence-corrected chi connectivity index (χ2v) is 5.58. The van der Waals surface area contributed by atoms with E-state index in [-0.39, 0.29) is 18.1 Å². The Morgan fingerprint density at radius 1 is 1.53 bits per heavy atom. The Hall–Kier alpha value is -1.07. The first kappa shape index (κ1) is 14.3. The first-order chi connectivity index (χ1) is 9.10. The third-order valence-corrected chi connectivity index (χ3v) is 3.93. The Morgan fingerprint density at radius 3 is 3.00 bits per heavy atom. The molecule has 1 amide bonds. The molecule has 2 unspecified atom stereocenters. The number of hydrogen-bond donors (Lipinski definition) is 1. The van der Waals surface area contributed by atoms with Gasteiger partial charge in [0.1, 0.15) is 5.75 Å². The minimum atomic E-state index is -0.0788. The standard InChI is InChI=1S/C14H18BrNO3/c1-9-7-10(5-6-19-9)16-14(17)12-8-11(18-2)3-4-13(12)15/h3-4,8-10H,5-7H2,1-2H3,(H,16,17). The number of carbonyl (C=O) groups excluding carboxylic acids is 1. The van der Waals surface area contributed by atoms with Gasteiger partial charge in [-0.15, -0.1) is 0 Å². The molecule has 19 heavy (non-hydrogen) atoms. The van der Waals surface area contributed by atoms with Crippen LogP contribution in [0.4, 0.5) is 0 Å². The Morgan fingerprint density at radius 2 is 2.32 bits per heavy atom. The predicted octanol–water partition coefficient (Wildman–Crippen LogP) is 2.76. The lowest BCUT2D eigenvalue weighted by atomic mass is 10.0. The quantitative estimate of drug-likeness (QED) is 0.928. The molecule has 4 nitrogen and oxygen atoms in total. The van der Waals surface area contributed by atoms with Crippen molar-refractivity contribution in [3.05, 3.63) is 28.2 Å². The van der Waals surface area contributed by atoms with Crippen LogP contribution in [0.2, 0.25) is 0 Å². The van der Waals surface area contributed by atoms with Crippen LogP contribution < -0.4 is 10.1 Å². The Bertz CT molecular complexity index is 464. The number of rotatable bonds is 3. The van der Waals surface area contributed by atoms with Crippen molar-refractivity contribution < 1.29 is 14.3 Å². The summed E-state index contributed by atoms with van der Waals surface area (Å²) >= 11 is 3.40. The normalized spacial score (nSPS) is 22.9. The fraction of sp³-hybridized carbons (Fsp3) is 0.500. The molecule has 5 heteroatoms. The van der Waals surface area contributed by atoms with Crippen LogP contribution in [0.1, 0.15) is 30.1 Å². The fourth-order valence-corrected chi connectivity index (χ4v) is 2.62. The molecule has 0 saturated carbocycles. The molecular formula is C14H18BrNO3. The molecule has 1 N–H and O–H groups in total. The molecule has 1 aliphatic heterocycles. The maximum absolute atomic E-state index is 12.3. The number of nitrogens with one attached hydrogen (secondary N) is 1. The van der Waals surface area contributed by atoms with Gasteiger partial charge in [-0.05, 0) is 53.9 Å². The highest BCUT2D eigenvalue weighted by molar-refractivity contribution is 9.10. The van der Waals surface area contributed by atoms with Crippen molar-refractivity contribution in [3.63, 3.8) is 0 Å². The summed E-state index contributed by atoms with van der Waals surface area (Å²) in [6, 6.07) is 5.55. The van der Waals surface area contributed by atoms with E-state index < -0.39 is 0 Å². The molecular weight excluding hydrogens is 310 g/mol. The topological polar surface area (TPSA) is 47.6 Å². The maximum Gasteiger partial charge on any atom is 0.252 e. The summed E-state index contributed by atoms with van der Waals surface area (Å²) in [5, 5.41) is 3.05. The molecule has 1 saturated heterocycles. The monoisotopic (exact) mass is 327 g/mol. The van der Waals surface area contributed by atoms with Crippen molar-refractivity contribution in [2.24, 2.45) is 0 Å². The van der Waals surface area contributed by atoms with E-state index in [1.54, 1.807) is 13.2 Å². The summed E-state index contributed by atoms with van der Waals surface area (Å²) in [5.41, 5.74) is 0.596. The van der Waals surface area contributed by atoms with Gasteiger partial charge in [0, 0.05) is 17.1 Å². The number of amides is 1. The zero-order valence-electron chi connectivity index (χ0n) is 11.1. The predicted molar refractivity (Wildman–Crippen MR) is 76.6 cm³/mol. The first-order valence-electron chi connectivity index (χ1n) is 6.36. The van der Waals surface area contributed by atoms with E-state index in [0.717, 1.165) is 17.3 Å². The van der Waals surface area contributed by atoms with E-state index >= 15 is 0 Å². The fourth-order valence-electron chi connectivity index (χ4n) is 2.20. The van der Waals surface area contributed by atoms with Gasteiger partial charge in [-0.1, -0.05) is 0 Å². The first-order valence-corrected chi connectivity index (χ1v) is 7.15. The molecule has 0 radical (unpaired) electrons. The Kier molecular flexibility index (Phi) is 4.82. The summed E-state index contributed by atoms with van der Waals surface area (Å²) in [6.45, 7) is 2.73. The van der Waals surface area contributed by atoms with Crippen molar-refractivity contribution in [1.29, 1.82) is 0 Å². The van der Waals surface area contributed by atoms with Gasteiger partial charge in [0.15, 0.2) is 0 Å². The van der Waals surface area contributed by atoms with Gasteiger partial charge in [-0.25, -0.2) is 0 Å². The van der Waals surface area contributed by atoms with Crippen LogP contribution in [-0.2, 0) is 4.74 Å². The minimum Gasteiger partial charge on any atom is -0.497 e. The lowest BCUT2D eigenvalue weighted by Crippen LogP contribution is -2.41. The minimum absolute atomic E-state index is 0.0788. The number of ether oxygens (including phenoxy) is 2. The molecule has 2 atom stereocenters. The summed E-state index contributed by atoms with van der Waals surface area (Å²) in [4.78, 5) is 12.3. The summed E-state index contributed by atoms with van der Waals surface area (Å²) in [7, 11) is 1.59. The summed E-state index contributed by atoms with van der Waals surface area (Å²) in [6.07, 6.45) is 1.91. The van der Waals surface area contributed by atoms with Gasteiger partial charge in [-0.3, -0.25) is 4.79 Å². The average molecular weight is 328 g/mol. The van der Waals surface area contributed by atoms with Crippen LogP contribution >= 0.6 is 15.9 Å². The van der Waals surface area contributed by atoms with Crippen LogP contribution in [0.3, 0.4) is 0 Å². The third kappa shape index (κ3) is 3.70. The number of methoxy groups -OCH3 is 1. The molecule has 1 heterocycles. The molecule has 1 aromatic carbocycles. The molecule has 2 rings (SSSR count). The van der Waals surface area contributed by atoms with Crippen molar-refractivity contribution >= 4 is 21.8 Å². The van der Waals surface area contributed by atoms with E-state index in [1.165, 1.54) is 0 Å². The van der Waals surface area contributed by atoms with E-state index in [2.05, 4.69) is 21.2 Å². The molecule has 1 aromatic rings. The van der Waals surface area contributed by atoms with Gasteiger partial charge in [0.05, 0.1) is 18.8 Å². The van der Waals surface area contributed by atoms with E-state index in [9.17, 15) is 4.79 Å². The highest BCUT2D eigenvalue weighted by Crippen LogP contribution is 2.23. The van der Waals surface area contributed by atoms with Gasteiger partial charge >= 0.3 is 0 Å². The lowest BCUT2D eigenvalue weighted by Gasteiger charge is -2.28. The molecule has 1 aliphatic rings. The molecule has 0 aromatic heterocycles. The third-order valence-electron chi connectivity index (χ3n) is 3.24. The SMILES string of the molecule is COc1ccc(Br)c(C(=O)NC2CCOC(C)C2)c1. The van der Waals surface area contributed by atoms with Crippen LogP contribution in [0.15, 0.2) is 22.7 Å². The van der Waals surface area contributed by atoms with Crippen LogP contribution in [0.5, 0.6) is 5.75 Å². The highest BCUT2D eigenvalue weighted by Gasteiger charge is 2.22. The average Bonchev–Trinajstić information content (AvgIpc) is 2.39. The maximum atomic E-state index is 12.3. The van der Waals surface area contributed by atoms with Gasteiger partial charge in [0.2, 0.25) is 0 Å². The molecule has 0 aliphatic carbocycles. The highest BCUT2D eigenvalue weighted by atomic mass is 79.9. The molecule has 104 valence electrons.